The highest BCUT2D eigenvalue weighted by Gasteiger charge is 2.23. The number of carbonyl (C=O) groups is 1. The number of anilines is 1. The van der Waals surface area contributed by atoms with Crippen LogP contribution in [0.1, 0.15) is 38.5 Å². The van der Waals surface area contributed by atoms with Gasteiger partial charge in [-0.3, -0.25) is 4.79 Å². The second kappa shape index (κ2) is 8.40. The summed E-state index contributed by atoms with van der Waals surface area (Å²) in [5, 5.41) is 2.50. The number of nitrogens with one attached hydrogen (secondary N) is 1. The van der Waals surface area contributed by atoms with Crippen molar-refractivity contribution in [3.63, 3.8) is 0 Å². The fraction of sp³-hybridized carbons (Fsp3) is 0.562. The Morgan fingerprint density at radius 3 is 2.52 bits per heavy atom. The van der Waals surface area contributed by atoms with Crippen LogP contribution < -0.4 is 5.32 Å². The van der Waals surface area contributed by atoms with E-state index in [0.29, 0.717) is 25.9 Å². The van der Waals surface area contributed by atoms with Crippen molar-refractivity contribution in [1.82, 2.24) is 4.31 Å². The number of nitrogens with zero attached hydrogens (tertiary/aromatic N) is 1. The van der Waals surface area contributed by atoms with Crippen molar-refractivity contribution in [3.05, 3.63) is 30.1 Å². The first-order valence-corrected chi connectivity index (χ1v) is 9.62. The Bertz CT molecular complexity index is 628. The molecule has 1 aliphatic heterocycles. The van der Waals surface area contributed by atoms with Gasteiger partial charge in [-0.1, -0.05) is 18.6 Å². The van der Waals surface area contributed by atoms with E-state index >= 15 is 0 Å². The zero-order valence-corrected chi connectivity index (χ0v) is 13.9. The van der Waals surface area contributed by atoms with Crippen LogP contribution in [-0.4, -0.2) is 37.5 Å². The summed E-state index contributed by atoms with van der Waals surface area (Å²) in [6.45, 7) is 1.21. The van der Waals surface area contributed by atoms with Gasteiger partial charge in [0.2, 0.25) is 15.9 Å². The van der Waals surface area contributed by atoms with Crippen LogP contribution in [0.4, 0.5) is 10.1 Å². The van der Waals surface area contributed by atoms with Crippen LogP contribution in [0.3, 0.4) is 0 Å². The van der Waals surface area contributed by atoms with Gasteiger partial charge in [-0.05, 0) is 37.8 Å². The molecule has 1 aromatic carbocycles. The van der Waals surface area contributed by atoms with Gasteiger partial charge >= 0.3 is 0 Å². The first-order valence-electron chi connectivity index (χ1n) is 8.01. The number of rotatable bonds is 7. The van der Waals surface area contributed by atoms with Gasteiger partial charge in [0, 0.05) is 19.5 Å². The normalized spacial score (nSPS) is 16.2. The van der Waals surface area contributed by atoms with Gasteiger partial charge in [-0.25, -0.2) is 17.1 Å². The summed E-state index contributed by atoms with van der Waals surface area (Å²) in [6.07, 6.45) is 4.01. The predicted molar refractivity (Wildman–Crippen MR) is 88.1 cm³/mol. The van der Waals surface area contributed by atoms with Crippen molar-refractivity contribution in [2.45, 2.75) is 38.5 Å². The van der Waals surface area contributed by atoms with Gasteiger partial charge in [-0.15, -0.1) is 0 Å². The van der Waals surface area contributed by atoms with Gasteiger partial charge in [0.1, 0.15) is 5.82 Å². The van der Waals surface area contributed by atoms with E-state index in [2.05, 4.69) is 5.32 Å². The van der Waals surface area contributed by atoms with Crippen LogP contribution in [0.2, 0.25) is 0 Å². The highest BCUT2D eigenvalue weighted by molar-refractivity contribution is 7.89. The number of carbonyl (C=O) groups excluding carboxylic acids is 1. The van der Waals surface area contributed by atoms with Crippen molar-refractivity contribution >= 4 is 21.6 Å². The lowest BCUT2D eigenvalue weighted by Gasteiger charge is -2.25. The molecule has 0 saturated carbocycles. The molecule has 0 radical (unpaired) electrons. The maximum Gasteiger partial charge on any atom is 0.224 e. The molecule has 2 rings (SSSR count). The second-order valence-corrected chi connectivity index (χ2v) is 7.85. The number of piperidine rings is 1. The van der Waals surface area contributed by atoms with E-state index in [1.165, 1.54) is 12.1 Å². The Hall–Kier alpha value is -1.47. The van der Waals surface area contributed by atoms with E-state index in [9.17, 15) is 17.6 Å². The topological polar surface area (TPSA) is 66.5 Å². The Labute approximate surface area is 136 Å². The van der Waals surface area contributed by atoms with Crippen LogP contribution in [0, 0.1) is 5.82 Å². The standard InChI is InChI=1S/C16H23FN2O3S/c17-14-8-2-3-9-15(14)18-16(20)10-4-7-13-23(21,22)19-11-5-1-6-12-19/h2-3,8-9H,1,4-7,10-13H2,(H,18,20). The summed E-state index contributed by atoms with van der Waals surface area (Å²) in [5.41, 5.74) is 0.151. The zero-order chi connectivity index (χ0) is 16.7. The first kappa shape index (κ1) is 17.9. The SMILES string of the molecule is O=C(CCCCS(=O)(=O)N1CCCCC1)Nc1ccccc1F. The van der Waals surface area contributed by atoms with Gasteiger partial charge in [0.25, 0.3) is 0 Å². The number of unbranched alkanes of at least 4 members (excludes halogenated alkanes) is 1. The maximum atomic E-state index is 13.4. The minimum Gasteiger partial charge on any atom is -0.324 e. The zero-order valence-electron chi connectivity index (χ0n) is 13.1. The monoisotopic (exact) mass is 342 g/mol. The van der Waals surface area contributed by atoms with Crippen molar-refractivity contribution in [3.8, 4) is 0 Å². The highest BCUT2D eigenvalue weighted by Crippen LogP contribution is 2.16. The number of hydrogen-bond acceptors (Lipinski definition) is 3. The Kier molecular flexibility index (Phi) is 6.53. The Morgan fingerprint density at radius 1 is 1.13 bits per heavy atom. The van der Waals surface area contributed by atoms with E-state index < -0.39 is 15.8 Å². The van der Waals surface area contributed by atoms with E-state index in [1.807, 2.05) is 0 Å². The molecule has 0 atom stereocenters. The smallest absolute Gasteiger partial charge is 0.224 e. The molecule has 7 heteroatoms. The fourth-order valence-electron chi connectivity index (χ4n) is 2.62. The van der Waals surface area contributed by atoms with E-state index in [0.717, 1.165) is 19.3 Å². The molecule has 0 aromatic heterocycles. The van der Waals surface area contributed by atoms with Gasteiger partial charge in [-0.2, -0.15) is 0 Å². The Morgan fingerprint density at radius 2 is 1.83 bits per heavy atom. The molecule has 23 heavy (non-hydrogen) atoms. The van der Waals surface area contributed by atoms with Crippen LogP contribution in [0.5, 0.6) is 0 Å². The summed E-state index contributed by atoms with van der Waals surface area (Å²) >= 11 is 0. The number of amides is 1. The van der Waals surface area contributed by atoms with E-state index in [1.54, 1.807) is 16.4 Å². The van der Waals surface area contributed by atoms with Crippen molar-refractivity contribution < 1.29 is 17.6 Å². The lowest BCUT2D eigenvalue weighted by Crippen LogP contribution is -2.37. The number of halogens is 1. The molecule has 128 valence electrons. The summed E-state index contributed by atoms with van der Waals surface area (Å²) in [6, 6.07) is 5.97. The molecule has 0 spiro atoms. The quantitative estimate of drug-likeness (QED) is 0.775. The molecule has 0 aliphatic carbocycles. The van der Waals surface area contributed by atoms with Crippen molar-refractivity contribution in [2.75, 3.05) is 24.2 Å². The number of sulfonamides is 1. The minimum atomic E-state index is -3.21. The molecular formula is C16H23FN2O3S. The minimum absolute atomic E-state index is 0.0694. The summed E-state index contributed by atoms with van der Waals surface area (Å²) in [4.78, 5) is 11.8. The molecule has 0 bridgehead atoms. The molecule has 0 unspecified atom stereocenters. The van der Waals surface area contributed by atoms with E-state index in [-0.39, 0.29) is 23.8 Å². The number of hydrogen-bond donors (Lipinski definition) is 1. The van der Waals surface area contributed by atoms with Crippen LogP contribution in [0.15, 0.2) is 24.3 Å². The van der Waals surface area contributed by atoms with Crippen molar-refractivity contribution in [1.29, 1.82) is 0 Å². The average Bonchev–Trinajstić information content (AvgIpc) is 2.55. The van der Waals surface area contributed by atoms with Crippen LogP contribution in [0.25, 0.3) is 0 Å². The van der Waals surface area contributed by atoms with E-state index in [4.69, 9.17) is 0 Å². The predicted octanol–water partition coefficient (Wildman–Crippen LogP) is 2.75. The molecule has 1 aromatic rings. The fourth-order valence-corrected chi connectivity index (χ4v) is 4.26. The average molecular weight is 342 g/mol. The summed E-state index contributed by atoms with van der Waals surface area (Å²) < 4.78 is 39.2. The lowest BCUT2D eigenvalue weighted by molar-refractivity contribution is -0.116. The molecule has 1 N–H and O–H groups in total. The third kappa shape index (κ3) is 5.58. The molecule has 1 heterocycles. The molecule has 1 aliphatic rings. The lowest BCUT2D eigenvalue weighted by atomic mass is 10.2. The summed E-state index contributed by atoms with van der Waals surface area (Å²) in [5.74, 6) is -0.709. The number of benzene rings is 1. The molecule has 5 nitrogen and oxygen atoms in total. The molecule has 1 amide bonds. The highest BCUT2D eigenvalue weighted by atomic mass is 32.2. The summed E-state index contributed by atoms with van der Waals surface area (Å²) in [7, 11) is -3.21. The molecule has 1 saturated heterocycles. The third-order valence-corrected chi connectivity index (χ3v) is 5.87. The van der Waals surface area contributed by atoms with Crippen molar-refractivity contribution in [2.24, 2.45) is 0 Å². The van der Waals surface area contributed by atoms with Gasteiger partial charge < -0.3 is 5.32 Å². The second-order valence-electron chi connectivity index (χ2n) is 5.76. The Balaban J connectivity index is 1.70. The van der Waals surface area contributed by atoms with Crippen LogP contribution in [-0.2, 0) is 14.8 Å². The number of para-hydroxylation sites is 1. The van der Waals surface area contributed by atoms with Gasteiger partial charge in [0.15, 0.2) is 0 Å². The molecular weight excluding hydrogens is 319 g/mol. The largest absolute Gasteiger partial charge is 0.324 e. The molecule has 1 fully saturated rings. The van der Waals surface area contributed by atoms with Crippen LogP contribution >= 0.6 is 0 Å². The van der Waals surface area contributed by atoms with Gasteiger partial charge in [0.05, 0.1) is 11.4 Å². The third-order valence-electron chi connectivity index (χ3n) is 3.91. The maximum absolute atomic E-state index is 13.4. The first-order chi connectivity index (χ1) is 11.0.